The lowest BCUT2D eigenvalue weighted by atomic mass is 9.80. The fourth-order valence-electron chi connectivity index (χ4n) is 3.37. The van der Waals surface area contributed by atoms with Crippen molar-refractivity contribution in [1.29, 1.82) is 5.26 Å². The van der Waals surface area contributed by atoms with Crippen molar-refractivity contribution < 1.29 is 9.47 Å². The topological polar surface area (TPSA) is 54.3 Å². The van der Waals surface area contributed by atoms with Gasteiger partial charge in [0.05, 0.1) is 12.2 Å². The Kier molecular flexibility index (Phi) is 5.83. The highest BCUT2D eigenvalue weighted by atomic mass is 16.5. The molecule has 1 N–H and O–H groups in total. The van der Waals surface area contributed by atoms with Crippen molar-refractivity contribution >= 4 is 0 Å². The van der Waals surface area contributed by atoms with Crippen molar-refractivity contribution in [3.63, 3.8) is 0 Å². The number of hydrogen-bond donors (Lipinski definition) is 1. The highest BCUT2D eigenvalue weighted by molar-refractivity contribution is 5.10. The van der Waals surface area contributed by atoms with Crippen LogP contribution < -0.4 is 5.32 Å². The molecule has 0 aromatic rings. The largest absolute Gasteiger partial charge is 0.381 e. The van der Waals surface area contributed by atoms with Gasteiger partial charge in [0, 0.05) is 32.3 Å². The monoisotopic (exact) mass is 280 g/mol. The van der Waals surface area contributed by atoms with Gasteiger partial charge in [0.25, 0.3) is 0 Å². The predicted molar refractivity (Wildman–Crippen MR) is 78.4 cm³/mol. The van der Waals surface area contributed by atoms with E-state index in [2.05, 4.69) is 25.2 Å². The van der Waals surface area contributed by atoms with Gasteiger partial charge in [-0.1, -0.05) is 0 Å². The van der Waals surface area contributed by atoms with Gasteiger partial charge in [-0.2, -0.15) is 5.26 Å². The lowest BCUT2D eigenvalue weighted by Gasteiger charge is -2.38. The van der Waals surface area contributed by atoms with Crippen LogP contribution in [0.25, 0.3) is 0 Å². The lowest BCUT2D eigenvalue weighted by Crippen LogP contribution is -2.52. The minimum absolute atomic E-state index is 0.234. The SMILES string of the molecule is CC(C)NC1(C#N)CCCC(OCC2CCOCC2)C1. The molecule has 1 saturated heterocycles. The molecule has 1 heterocycles. The van der Waals surface area contributed by atoms with Crippen LogP contribution in [0.1, 0.15) is 52.4 Å². The minimum atomic E-state index is -0.382. The van der Waals surface area contributed by atoms with E-state index in [1.807, 2.05) is 0 Å². The molecule has 20 heavy (non-hydrogen) atoms. The number of hydrogen-bond acceptors (Lipinski definition) is 4. The van der Waals surface area contributed by atoms with Crippen LogP contribution >= 0.6 is 0 Å². The zero-order valence-electron chi connectivity index (χ0n) is 12.9. The Hall–Kier alpha value is -0.630. The summed E-state index contributed by atoms with van der Waals surface area (Å²) in [5.41, 5.74) is -0.382. The van der Waals surface area contributed by atoms with Crippen molar-refractivity contribution in [2.24, 2.45) is 5.92 Å². The maximum atomic E-state index is 9.54. The van der Waals surface area contributed by atoms with E-state index in [1.54, 1.807) is 0 Å². The molecule has 1 saturated carbocycles. The molecule has 2 atom stereocenters. The van der Waals surface area contributed by atoms with Gasteiger partial charge in [-0.15, -0.1) is 0 Å². The van der Waals surface area contributed by atoms with Crippen LogP contribution in [0.15, 0.2) is 0 Å². The highest BCUT2D eigenvalue weighted by Crippen LogP contribution is 2.31. The van der Waals surface area contributed by atoms with E-state index in [0.717, 1.165) is 58.3 Å². The van der Waals surface area contributed by atoms with Crippen LogP contribution in [-0.4, -0.2) is 37.5 Å². The van der Waals surface area contributed by atoms with Gasteiger partial charge in [-0.25, -0.2) is 0 Å². The van der Waals surface area contributed by atoms with Crippen LogP contribution in [0.4, 0.5) is 0 Å². The van der Waals surface area contributed by atoms with Crippen LogP contribution in [-0.2, 0) is 9.47 Å². The van der Waals surface area contributed by atoms with Gasteiger partial charge in [-0.3, -0.25) is 5.32 Å². The zero-order valence-corrected chi connectivity index (χ0v) is 12.9. The van der Waals surface area contributed by atoms with Crippen molar-refractivity contribution in [1.82, 2.24) is 5.32 Å². The van der Waals surface area contributed by atoms with E-state index in [0.29, 0.717) is 12.0 Å². The molecule has 2 unspecified atom stereocenters. The molecule has 2 fully saturated rings. The van der Waals surface area contributed by atoms with Crippen LogP contribution in [0.5, 0.6) is 0 Å². The summed E-state index contributed by atoms with van der Waals surface area (Å²) in [7, 11) is 0. The van der Waals surface area contributed by atoms with Gasteiger partial charge in [0.15, 0.2) is 0 Å². The standard InChI is InChI=1S/C16H28N2O2/c1-13(2)18-16(12-17)7-3-4-15(10-16)20-11-14-5-8-19-9-6-14/h13-15,18H,3-11H2,1-2H3. The molecule has 2 aliphatic rings. The third-order valence-electron chi connectivity index (χ3n) is 4.39. The third-order valence-corrected chi connectivity index (χ3v) is 4.39. The maximum Gasteiger partial charge on any atom is 0.109 e. The number of nitrogens with one attached hydrogen (secondary N) is 1. The summed E-state index contributed by atoms with van der Waals surface area (Å²) >= 11 is 0. The first kappa shape index (κ1) is 15.8. The van der Waals surface area contributed by atoms with E-state index in [9.17, 15) is 5.26 Å². The summed E-state index contributed by atoms with van der Waals surface area (Å²) in [6.07, 6.45) is 6.39. The molecule has 4 nitrogen and oxygen atoms in total. The second-order valence-corrected chi connectivity index (χ2v) is 6.60. The third kappa shape index (κ3) is 4.44. The summed E-state index contributed by atoms with van der Waals surface area (Å²) < 4.78 is 11.5. The van der Waals surface area contributed by atoms with Crippen molar-refractivity contribution in [3.8, 4) is 6.07 Å². The lowest BCUT2D eigenvalue weighted by molar-refractivity contribution is -0.0334. The van der Waals surface area contributed by atoms with E-state index in [-0.39, 0.29) is 11.6 Å². The first-order chi connectivity index (χ1) is 9.63. The normalized spacial score (nSPS) is 32.2. The van der Waals surface area contributed by atoms with Crippen LogP contribution in [0, 0.1) is 17.2 Å². The first-order valence-electron chi connectivity index (χ1n) is 8.02. The zero-order chi connectivity index (χ0) is 14.4. The van der Waals surface area contributed by atoms with Gasteiger partial charge < -0.3 is 9.47 Å². The van der Waals surface area contributed by atoms with Crippen LogP contribution in [0.3, 0.4) is 0 Å². The molecule has 0 spiro atoms. The number of nitrogens with zero attached hydrogens (tertiary/aromatic N) is 1. The second-order valence-electron chi connectivity index (χ2n) is 6.60. The summed E-state index contributed by atoms with van der Waals surface area (Å²) in [4.78, 5) is 0. The summed E-state index contributed by atoms with van der Waals surface area (Å²) in [6.45, 7) is 6.78. The second kappa shape index (κ2) is 7.40. The molecule has 0 radical (unpaired) electrons. The van der Waals surface area contributed by atoms with Gasteiger partial charge in [-0.05, 0) is 51.9 Å². The molecule has 0 amide bonds. The predicted octanol–water partition coefficient (Wildman–Crippen LogP) is 2.63. The summed E-state index contributed by atoms with van der Waals surface area (Å²) in [5, 5.41) is 13.0. The van der Waals surface area contributed by atoms with Gasteiger partial charge >= 0.3 is 0 Å². The Bertz CT molecular complexity index is 334. The minimum Gasteiger partial charge on any atom is -0.381 e. The average molecular weight is 280 g/mol. The van der Waals surface area contributed by atoms with Crippen LogP contribution in [0.2, 0.25) is 0 Å². The van der Waals surface area contributed by atoms with Crippen molar-refractivity contribution in [2.45, 2.75) is 70.1 Å². The van der Waals surface area contributed by atoms with E-state index >= 15 is 0 Å². The molecular weight excluding hydrogens is 252 g/mol. The van der Waals surface area contributed by atoms with E-state index < -0.39 is 0 Å². The summed E-state index contributed by atoms with van der Waals surface area (Å²) in [6, 6.07) is 2.84. The molecule has 4 heteroatoms. The quantitative estimate of drug-likeness (QED) is 0.841. The molecule has 0 bridgehead atoms. The molecule has 1 aliphatic heterocycles. The fraction of sp³-hybridized carbons (Fsp3) is 0.938. The smallest absolute Gasteiger partial charge is 0.109 e. The number of nitriles is 1. The highest BCUT2D eigenvalue weighted by Gasteiger charge is 2.37. The average Bonchev–Trinajstić information content (AvgIpc) is 2.46. The molecule has 1 aliphatic carbocycles. The molecule has 114 valence electrons. The molecule has 0 aromatic heterocycles. The van der Waals surface area contributed by atoms with E-state index in [1.165, 1.54) is 0 Å². The number of rotatable bonds is 5. The Morgan fingerprint density at radius 2 is 2.10 bits per heavy atom. The maximum absolute atomic E-state index is 9.54. The molecule has 2 rings (SSSR count). The van der Waals surface area contributed by atoms with E-state index in [4.69, 9.17) is 9.47 Å². The van der Waals surface area contributed by atoms with Gasteiger partial charge in [0.2, 0.25) is 0 Å². The fourth-order valence-corrected chi connectivity index (χ4v) is 3.37. The number of ether oxygens (including phenoxy) is 2. The Balaban J connectivity index is 1.81. The van der Waals surface area contributed by atoms with Gasteiger partial charge in [0.1, 0.15) is 5.54 Å². The van der Waals surface area contributed by atoms with Crippen molar-refractivity contribution in [2.75, 3.05) is 19.8 Å². The summed E-state index contributed by atoms with van der Waals surface area (Å²) in [5.74, 6) is 0.639. The molecule has 0 aromatic carbocycles. The Morgan fingerprint density at radius 1 is 1.35 bits per heavy atom. The Labute approximate surface area is 122 Å². The molecular formula is C16H28N2O2. The van der Waals surface area contributed by atoms with Crippen molar-refractivity contribution in [3.05, 3.63) is 0 Å². The Morgan fingerprint density at radius 3 is 2.75 bits per heavy atom. The first-order valence-corrected chi connectivity index (χ1v) is 8.02.